The zero-order valence-corrected chi connectivity index (χ0v) is 9.47. The van der Waals surface area contributed by atoms with Crippen molar-refractivity contribution in [3.63, 3.8) is 0 Å². The quantitative estimate of drug-likeness (QED) is 0.819. The Hall–Kier alpha value is -1.20. The number of nitrogens with zero attached hydrogens (tertiary/aromatic N) is 2. The Morgan fingerprint density at radius 2 is 2.20 bits per heavy atom. The van der Waals surface area contributed by atoms with Gasteiger partial charge in [0, 0.05) is 22.5 Å². The van der Waals surface area contributed by atoms with Gasteiger partial charge in [0.25, 0.3) is 5.22 Å². The third kappa shape index (κ3) is 2.43. The predicted molar refractivity (Wildman–Crippen MR) is 59.0 cm³/mol. The number of benzene rings is 1. The average molecular weight is 242 g/mol. The second kappa shape index (κ2) is 4.12. The Labute approximate surface area is 95.8 Å². The van der Waals surface area contributed by atoms with E-state index >= 15 is 0 Å². The largest absolute Gasteiger partial charge is 0.416 e. The predicted octanol–water partition coefficient (Wildman–Crippen LogP) is 2.76. The lowest BCUT2D eigenvalue weighted by atomic mass is 10.3. The number of nitrogens with two attached hydrogens (primary N) is 1. The van der Waals surface area contributed by atoms with Crippen molar-refractivity contribution in [2.75, 3.05) is 5.73 Å². The molecule has 0 atom stereocenters. The molecule has 1 heterocycles. The van der Waals surface area contributed by atoms with Crippen LogP contribution in [0, 0.1) is 6.92 Å². The third-order valence-electron chi connectivity index (χ3n) is 1.68. The van der Waals surface area contributed by atoms with E-state index in [1.165, 1.54) is 11.8 Å². The lowest BCUT2D eigenvalue weighted by Gasteiger charge is -2.01. The van der Waals surface area contributed by atoms with E-state index < -0.39 is 0 Å². The van der Waals surface area contributed by atoms with Crippen molar-refractivity contribution in [1.29, 1.82) is 0 Å². The molecule has 0 aliphatic carbocycles. The monoisotopic (exact) mass is 241 g/mol. The summed E-state index contributed by atoms with van der Waals surface area (Å²) in [7, 11) is 0. The van der Waals surface area contributed by atoms with Crippen LogP contribution in [0.1, 0.15) is 5.89 Å². The highest BCUT2D eigenvalue weighted by Crippen LogP contribution is 2.32. The van der Waals surface area contributed by atoms with Gasteiger partial charge >= 0.3 is 0 Å². The molecule has 0 spiro atoms. The van der Waals surface area contributed by atoms with Crippen molar-refractivity contribution in [2.45, 2.75) is 17.0 Å². The van der Waals surface area contributed by atoms with Gasteiger partial charge in [-0.15, -0.1) is 10.2 Å². The van der Waals surface area contributed by atoms with Crippen molar-refractivity contribution >= 4 is 29.1 Å². The first-order valence-corrected chi connectivity index (χ1v) is 5.37. The van der Waals surface area contributed by atoms with Gasteiger partial charge in [0.05, 0.1) is 0 Å². The van der Waals surface area contributed by atoms with Crippen LogP contribution in [-0.2, 0) is 0 Å². The van der Waals surface area contributed by atoms with Crippen LogP contribution in [0.3, 0.4) is 0 Å². The van der Waals surface area contributed by atoms with Crippen molar-refractivity contribution in [2.24, 2.45) is 0 Å². The molecule has 0 radical (unpaired) electrons. The van der Waals surface area contributed by atoms with Gasteiger partial charge < -0.3 is 10.2 Å². The Kier molecular flexibility index (Phi) is 2.83. The van der Waals surface area contributed by atoms with E-state index in [9.17, 15) is 0 Å². The fraction of sp³-hybridized carbons (Fsp3) is 0.111. The number of hydrogen-bond donors (Lipinski definition) is 1. The molecule has 0 unspecified atom stereocenters. The average Bonchev–Trinajstić information content (AvgIpc) is 2.56. The van der Waals surface area contributed by atoms with E-state index in [-0.39, 0.29) is 0 Å². The molecule has 0 saturated carbocycles. The highest BCUT2D eigenvalue weighted by atomic mass is 35.5. The fourth-order valence-corrected chi connectivity index (χ4v) is 1.95. The smallest absolute Gasteiger partial charge is 0.281 e. The van der Waals surface area contributed by atoms with Gasteiger partial charge in [-0.05, 0) is 30.0 Å². The summed E-state index contributed by atoms with van der Waals surface area (Å²) in [6.07, 6.45) is 0. The molecule has 6 heteroatoms. The van der Waals surface area contributed by atoms with Gasteiger partial charge in [0.2, 0.25) is 5.89 Å². The second-order valence-electron chi connectivity index (χ2n) is 2.87. The molecule has 2 rings (SSSR count). The maximum Gasteiger partial charge on any atom is 0.281 e. The van der Waals surface area contributed by atoms with Gasteiger partial charge in [0.1, 0.15) is 0 Å². The van der Waals surface area contributed by atoms with Crippen LogP contribution < -0.4 is 5.73 Å². The standard InChI is InChI=1S/C9H8ClN3OS/c1-5-12-13-9(14-5)15-8-3-2-6(10)4-7(8)11/h2-4H,11H2,1H3. The van der Waals surface area contributed by atoms with Crippen molar-refractivity contribution < 1.29 is 4.42 Å². The van der Waals surface area contributed by atoms with Gasteiger partial charge in [-0.3, -0.25) is 0 Å². The number of nitrogen functional groups attached to an aromatic ring is 1. The lowest BCUT2D eigenvalue weighted by Crippen LogP contribution is -1.87. The van der Waals surface area contributed by atoms with Crippen LogP contribution in [-0.4, -0.2) is 10.2 Å². The van der Waals surface area contributed by atoms with Crippen molar-refractivity contribution in [3.8, 4) is 0 Å². The summed E-state index contributed by atoms with van der Waals surface area (Å²) in [5, 5.41) is 8.67. The summed E-state index contributed by atoms with van der Waals surface area (Å²) in [5.41, 5.74) is 6.38. The van der Waals surface area contributed by atoms with Crippen LogP contribution in [0.25, 0.3) is 0 Å². The normalized spacial score (nSPS) is 10.5. The number of aromatic nitrogens is 2. The summed E-state index contributed by atoms with van der Waals surface area (Å²) < 4.78 is 5.22. The lowest BCUT2D eigenvalue weighted by molar-refractivity contribution is 0.429. The Morgan fingerprint density at radius 3 is 2.80 bits per heavy atom. The fourth-order valence-electron chi connectivity index (χ4n) is 1.03. The van der Waals surface area contributed by atoms with Gasteiger partial charge in [-0.2, -0.15) is 0 Å². The molecule has 0 aliphatic rings. The zero-order chi connectivity index (χ0) is 10.8. The van der Waals surface area contributed by atoms with E-state index in [0.717, 1.165) is 4.90 Å². The molecular weight excluding hydrogens is 234 g/mol. The van der Waals surface area contributed by atoms with E-state index in [0.29, 0.717) is 21.8 Å². The van der Waals surface area contributed by atoms with Crippen LogP contribution in [0.5, 0.6) is 0 Å². The molecule has 1 aromatic carbocycles. The molecule has 0 bridgehead atoms. The van der Waals surface area contributed by atoms with Gasteiger partial charge in [-0.25, -0.2) is 0 Å². The van der Waals surface area contributed by atoms with E-state index in [1.54, 1.807) is 19.1 Å². The minimum Gasteiger partial charge on any atom is -0.416 e. The molecular formula is C9H8ClN3OS. The number of aryl methyl sites for hydroxylation is 1. The summed E-state index contributed by atoms with van der Waals surface area (Å²) in [5.74, 6) is 0.532. The first kappa shape index (κ1) is 10.3. The Morgan fingerprint density at radius 1 is 1.40 bits per heavy atom. The number of anilines is 1. The van der Waals surface area contributed by atoms with Crippen molar-refractivity contribution in [1.82, 2.24) is 10.2 Å². The second-order valence-corrected chi connectivity index (χ2v) is 4.30. The molecule has 78 valence electrons. The Bertz CT molecular complexity index is 486. The molecule has 0 amide bonds. The van der Waals surface area contributed by atoms with E-state index in [4.69, 9.17) is 21.8 Å². The molecule has 4 nitrogen and oxygen atoms in total. The maximum atomic E-state index is 5.78. The minimum atomic E-state index is 0.474. The first-order valence-electron chi connectivity index (χ1n) is 4.18. The highest BCUT2D eigenvalue weighted by molar-refractivity contribution is 7.99. The molecule has 1 aromatic heterocycles. The summed E-state index contributed by atoms with van der Waals surface area (Å²) in [6.45, 7) is 1.74. The summed E-state index contributed by atoms with van der Waals surface area (Å²) in [4.78, 5) is 0.850. The van der Waals surface area contributed by atoms with Gasteiger partial charge in [0.15, 0.2) is 0 Å². The van der Waals surface area contributed by atoms with Crippen molar-refractivity contribution in [3.05, 3.63) is 29.1 Å². The molecule has 0 fully saturated rings. The SMILES string of the molecule is Cc1nnc(Sc2ccc(Cl)cc2N)o1. The number of hydrogen-bond acceptors (Lipinski definition) is 5. The highest BCUT2D eigenvalue weighted by Gasteiger charge is 2.07. The van der Waals surface area contributed by atoms with E-state index in [2.05, 4.69) is 10.2 Å². The summed E-state index contributed by atoms with van der Waals surface area (Å²) in [6, 6.07) is 5.28. The molecule has 2 N–H and O–H groups in total. The maximum absolute atomic E-state index is 5.78. The van der Waals surface area contributed by atoms with Crippen LogP contribution in [0.2, 0.25) is 5.02 Å². The van der Waals surface area contributed by atoms with Crippen LogP contribution in [0.15, 0.2) is 32.7 Å². The van der Waals surface area contributed by atoms with E-state index in [1.807, 2.05) is 6.07 Å². The molecule has 15 heavy (non-hydrogen) atoms. The Balaban J connectivity index is 2.24. The van der Waals surface area contributed by atoms with Crippen LogP contribution >= 0.6 is 23.4 Å². The molecule has 2 aromatic rings. The number of halogens is 1. The third-order valence-corrected chi connectivity index (χ3v) is 2.84. The zero-order valence-electron chi connectivity index (χ0n) is 7.90. The summed E-state index contributed by atoms with van der Waals surface area (Å²) >= 11 is 7.10. The molecule has 0 aliphatic heterocycles. The topological polar surface area (TPSA) is 64.9 Å². The minimum absolute atomic E-state index is 0.474. The molecule has 0 saturated heterocycles. The number of rotatable bonds is 2. The van der Waals surface area contributed by atoms with Gasteiger partial charge in [-0.1, -0.05) is 11.6 Å². The van der Waals surface area contributed by atoms with Crippen LogP contribution in [0.4, 0.5) is 5.69 Å². The first-order chi connectivity index (χ1) is 7.15.